The molecule has 0 radical (unpaired) electrons. The first-order valence-corrected chi connectivity index (χ1v) is 4.16. The van der Waals surface area contributed by atoms with E-state index in [4.69, 9.17) is 5.73 Å². The first-order chi connectivity index (χ1) is 6.31. The maximum Gasteiger partial charge on any atom is 0.408 e. The molecule has 0 aliphatic heterocycles. The van der Waals surface area contributed by atoms with Crippen LogP contribution in [0.3, 0.4) is 0 Å². The predicted molar refractivity (Wildman–Crippen MR) is 60.1 cm³/mol. The highest BCUT2D eigenvalue weighted by Gasteiger charge is 2.29. The number of nitrogens with two attached hydrogens (primary N) is 1. The Morgan fingerprint density at radius 3 is 2.25 bits per heavy atom. The van der Waals surface area contributed by atoms with Gasteiger partial charge in [0.05, 0.1) is 6.20 Å². The van der Waals surface area contributed by atoms with Gasteiger partial charge in [0.2, 0.25) is 0 Å². The zero-order valence-corrected chi connectivity index (χ0v) is 10.4. The number of halogens is 5. The monoisotopic (exact) mass is 279 g/mol. The van der Waals surface area contributed by atoms with E-state index in [0.29, 0.717) is 11.3 Å². The average Bonchev–Trinajstić information content (AvgIpc) is 2.29. The average molecular weight is 280 g/mol. The summed E-state index contributed by atoms with van der Waals surface area (Å²) in [4.78, 5) is 0. The molecule has 0 bridgehead atoms. The standard InChI is InChI=1S/C8H12F3N3.2ClH/c1-5(12)7-3-13-14(6(7)2)4-8(9,10)11;;/h3,5H,4,12H2,1-2H3;2*1H. The second kappa shape index (κ2) is 6.32. The second-order valence-electron chi connectivity index (χ2n) is 3.25. The summed E-state index contributed by atoms with van der Waals surface area (Å²) >= 11 is 0. The molecule has 0 fully saturated rings. The highest BCUT2D eigenvalue weighted by Crippen LogP contribution is 2.20. The van der Waals surface area contributed by atoms with Crippen LogP contribution in [0.25, 0.3) is 0 Å². The molecule has 0 aliphatic carbocycles. The third-order valence-electron chi connectivity index (χ3n) is 1.96. The Morgan fingerprint density at radius 2 is 1.94 bits per heavy atom. The Kier molecular flexibility index (Phi) is 7.08. The van der Waals surface area contributed by atoms with Gasteiger partial charge in [-0.1, -0.05) is 0 Å². The van der Waals surface area contributed by atoms with Gasteiger partial charge in [-0.25, -0.2) is 0 Å². The maximum atomic E-state index is 12.0. The van der Waals surface area contributed by atoms with Crippen molar-refractivity contribution in [2.24, 2.45) is 5.73 Å². The van der Waals surface area contributed by atoms with Crippen molar-refractivity contribution in [1.29, 1.82) is 0 Å². The van der Waals surface area contributed by atoms with E-state index in [1.807, 2.05) is 0 Å². The third-order valence-corrected chi connectivity index (χ3v) is 1.96. The molecule has 1 aromatic heterocycles. The van der Waals surface area contributed by atoms with E-state index in [9.17, 15) is 13.2 Å². The number of rotatable bonds is 2. The molecule has 0 saturated carbocycles. The lowest BCUT2D eigenvalue weighted by Gasteiger charge is -2.09. The SMILES string of the molecule is Cc1c(C(C)N)cnn1CC(F)(F)F.Cl.Cl. The normalized spacial score (nSPS) is 12.6. The zero-order chi connectivity index (χ0) is 10.9. The van der Waals surface area contributed by atoms with Gasteiger partial charge < -0.3 is 5.73 Å². The van der Waals surface area contributed by atoms with Crippen LogP contribution in [0, 0.1) is 6.92 Å². The molecular weight excluding hydrogens is 266 g/mol. The summed E-state index contributed by atoms with van der Waals surface area (Å²) in [6.45, 7) is 2.23. The fourth-order valence-corrected chi connectivity index (χ4v) is 1.24. The van der Waals surface area contributed by atoms with Crippen molar-refractivity contribution in [1.82, 2.24) is 9.78 Å². The van der Waals surface area contributed by atoms with E-state index in [-0.39, 0.29) is 30.9 Å². The molecule has 2 N–H and O–H groups in total. The van der Waals surface area contributed by atoms with Crippen LogP contribution in [0.4, 0.5) is 13.2 Å². The van der Waals surface area contributed by atoms with Crippen molar-refractivity contribution >= 4 is 24.8 Å². The fraction of sp³-hybridized carbons (Fsp3) is 0.625. The summed E-state index contributed by atoms with van der Waals surface area (Å²) in [7, 11) is 0. The number of nitrogens with zero attached hydrogens (tertiary/aromatic N) is 2. The van der Waals surface area contributed by atoms with Gasteiger partial charge in [0.15, 0.2) is 0 Å². The topological polar surface area (TPSA) is 43.8 Å². The first kappa shape index (κ1) is 17.9. The van der Waals surface area contributed by atoms with Gasteiger partial charge in [0.1, 0.15) is 6.54 Å². The van der Waals surface area contributed by atoms with Crippen molar-refractivity contribution in [3.63, 3.8) is 0 Å². The molecule has 16 heavy (non-hydrogen) atoms. The first-order valence-electron chi connectivity index (χ1n) is 4.16. The second-order valence-corrected chi connectivity index (χ2v) is 3.25. The highest BCUT2D eigenvalue weighted by molar-refractivity contribution is 5.85. The summed E-state index contributed by atoms with van der Waals surface area (Å²) in [6, 6.07) is -0.294. The van der Waals surface area contributed by atoms with E-state index in [2.05, 4.69) is 5.10 Å². The van der Waals surface area contributed by atoms with Crippen LogP contribution in [0.2, 0.25) is 0 Å². The fourth-order valence-electron chi connectivity index (χ4n) is 1.24. The molecule has 0 amide bonds. The molecule has 1 atom stereocenters. The van der Waals surface area contributed by atoms with Gasteiger partial charge in [-0.05, 0) is 13.8 Å². The van der Waals surface area contributed by atoms with E-state index < -0.39 is 12.7 Å². The molecule has 1 heterocycles. The molecule has 0 aromatic carbocycles. The largest absolute Gasteiger partial charge is 0.408 e. The van der Waals surface area contributed by atoms with Crippen molar-refractivity contribution in [2.45, 2.75) is 32.6 Å². The highest BCUT2D eigenvalue weighted by atomic mass is 35.5. The lowest BCUT2D eigenvalue weighted by molar-refractivity contribution is -0.142. The summed E-state index contributed by atoms with van der Waals surface area (Å²) in [5.41, 5.74) is 6.67. The van der Waals surface area contributed by atoms with Gasteiger partial charge in [-0.15, -0.1) is 24.8 Å². The minimum Gasteiger partial charge on any atom is -0.324 e. The van der Waals surface area contributed by atoms with Gasteiger partial charge in [-0.3, -0.25) is 4.68 Å². The maximum absolute atomic E-state index is 12.0. The molecule has 96 valence electrons. The Balaban J connectivity index is 0. The van der Waals surface area contributed by atoms with Crippen LogP contribution in [0.1, 0.15) is 24.2 Å². The number of aromatic nitrogens is 2. The lowest BCUT2D eigenvalue weighted by atomic mass is 10.1. The summed E-state index contributed by atoms with van der Waals surface area (Å²) in [5, 5.41) is 3.64. The van der Waals surface area contributed by atoms with E-state index in [0.717, 1.165) is 4.68 Å². The van der Waals surface area contributed by atoms with Crippen molar-refractivity contribution < 1.29 is 13.2 Å². The molecule has 0 aliphatic rings. The quantitative estimate of drug-likeness (QED) is 0.905. The minimum atomic E-state index is -4.24. The van der Waals surface area contributed by atoms with Gasteiger partial charge in [0.25, 0.3) is 0 Å². The number of alkyl halides is 3. The molecule has 0 spiro atoms. The minimum absolute atomic E-state index is 0. The Labute approximate surface area is 104 Å². The molecule has 0 saturated heterocycles. The molecule has 1 unspecified atom stereocenters. The lowest BCUT2D eigenvalue weighted by Crippen LogP contribution is -2.20. The van der Waals surface area contributed by atoms with Gasteiger partial charge >= 0.3 is 6.18 Å². The zero-order valence-electron chi connectivity index (χ0n) is 8.78. The summed E-state index contributed by atoms with van der Waals surface area (Å²) in [6.07, 6.45) is -2.86. The molecule has 1 rings (SSSR count). The Hall–Kier alpha value is -0.460. The van der Waals surface area contributed by atoms with Crippen molar-refractivity contribution in [3.05, 3.63) is 17.5 Å². The van der Waals surface area contributed by atoms with Crippen LogP contribution in [0.5, 0.6) is 0 Å². The van der Waals surface area contributed by atoms with Crippen LogP contribution in [-0.4, -0.2) is 16.0 Å². The Morgan fingerprint density at radius 1 is 1.44 bits per heavy atom. The van der Waals surface area contributed by atoms with E-state index in [1.54, 1.807) is 13.8 Å². The molecule has 8 heteroatoms. The van der Waals surface area contributed by atoms with Crippen LogP contribution < -0.4 is 5.73 Å². The van der Waals surface area contributed by atoms with E-state index >= 15 is 0 Å². The van der Waals surface area contributed by atoms with Gasteiger partial charge in [-0.2, -0.15) is 18.3 Å². The van der Waals surface area contributed by atoms with Crippen molar-refractivity contribution in [3.8, 4) is 0 Å². The summed E-state index contributed by atoms with van der Waals surface area (Å²) in [5.74, 6) is 0. The van der Waals surface area contributed by atoms with Crippen LogP contribution in [-0.2, 0) is 6.54 Å². The van der Waals surface area contributed by atoms with Crippen LogP contribution in [0.15, 0.2) is 6.20 Å². The summed E-state index contributed by atoms with van der Waals surface area (Å²) < 4.78 is 37.0. The van der Waals surface area contributed by atoms with Gasteiger partial charge in [0, 0.05) is 17.3 Å². The third kappa shape index (κ3) is 4.59. The van der Waals surface area contributed by atoms with E-state index in [1.165, 1.54) is 6.20 Å². The molecule has 1 aromatic rings. The predicted octanol–water partition coefficient (Wildman–Crippen LogP) is 2.62. The Bertz CT molecular complexity index is 323. The van der Waals surface area contributed by atoms with Crippen molar-refractivity contribution in [2.75, 3.05) is 0 Å². The van der Waals surface area contributed by atoms with Crippen LogP contribution >= 0.6 is 24.8 Å². The molecule has 3 nitrogen and oxygen atoms in total. The number of hydrogen-bond donors (Lipinski definition) is 1. The smallest absolute Gasteiger partial charge is 0.324 e. The number of hydrogen-bond acceptors (Lipinski definition) is 2. The molecular formula is C8H14Cl2F3N3.